The molecule has 13 rings (SSSR count). The van der Waals surface area contributed by atoms with Gasteiger partial charge in [-0.1, -0.05) is 322 Å². The van der Waals surface area contributed by atoms with Gasteiger partial charge in [0.15, 0.2) is 28.6 Å². The molecule has 0 heterocycles. The Morgan fingerprint density at radius 3 is 0.493 bits per heavy atom. The Labute approximate surface area is 807 Å². The maximum atomic E-state index is 16.9. The van der Waals surface area contributed by atoms with Gasteiger partial charge in [-0.15, -0.1) is 0 Å². The zero-order chi connectivity index (χ0) is 97.4. The van der Waals surface area contributed by atoms with E-state index in [-0.39, 0.29) is 52.1 Å². The van der Waals surface area contributed by atoms with Crippen LogP contribution < -0.4 is 81.0 Å². The van der Waals surface area contributed by atoms with Crippen molar-refractivity contribution in [3.05, 3.63) is 336 Å². The van der Waals surface area contributed by atoms with Crippen LogP contribution in [0, 0.1) is 0 Å². The molecule has 0 saturated heterocycles. The number of amides is 4. The monoisotopic (exact) mass is 1900 g/mol. The van der Waals surface area contributed by atoms with Crippen LogP contribution in [0.4, 0.5) is 22.7 Å². The molecule has 0 saturated carbocycles. The summed E-state index contributed by atoms with van der Waals surface area (Å²) in [4.78, 5) is 73.5. The molecule has 0 N–H and O–H groups in total. The second-order valence-corrected chi connectivity index (χ2v) is 51.6. The number of ether oxygens (including phenoxy) is 4. The fourth-order valence-electron chi connectivity index (χ4n) is 19.4. The van der Waals surface area contributed by atoms with Crippen molar-refractivity contribution in [3.63, 3.8) is 0 Å². The molecule has 12 aromatic carbocycles. The van der Waals surface area contributed by atoms with Gasteiger partial charge in [-0.05, 0) is 130 Å². The first-order chi connectivity index (χ1) is 65.2. The highest BCUT2D eigenvalue weighted by atomic mass is 31.2. The van der Waals surface area contributed by atoms with Crippen molar-refractivity contribution in [3.8, 4) is 23.0 Å². The minimum Gasteiger partial charge on any atom is -0.493 e. The van der Waals surface area contributed by atoms with Gasteiger partial charge in [0.05, 0.1) is 26.4 Å². The Hall–Kier alpha value is -11.4. The van der Waals surface area contributed by atoms with Crippen LogP contribution in [-0.2, 0) is 63.1 Å². The molecule has 12 aromatic rings. The molecule has 0 aliphatic heterocycles. The number of anilines is 4. The van der Waals surface area contributed by atoms with Crippen LogP contribution >= 0.6 is 28.6 Å². The van der Waals surface area contributed by atoms with E-state index in [1.54, 1.807) is 103 Å². The van der Waals surface area contributed by atoms with Crippen molar-refractivity contribution in [2.75, 3.05) is 74.2 Å². The molecule has 1 aliphatic carbocycles. The summed E-state index contributed by atoms with van der Waals surface area (Å²) in [5.74, 6) is 0.282. The van der Waals surface area contributed by atoms with E-state index in [1.165, 1.54) is 0 Å². The summed E-state index contributed by atoms with van der Waals surface area (Å²) >= 11 is 0. The molecule has 0 unspecified atom stereocenters. The third kappa shape index (κ3) is 20.6. The van der Waals surface area contributed by atoms with E-state index in [0.717, 1.165) is 51.4 Å². The van der Waals surface area contributed by atoms with Gasteiger partial charge in [0.1, 0.15) is 43.6 Å². The quantitative estimate of drug-likeness (QED) is 0.0262. The van der Waals surface area contributed by atoms with Crippen LogP contribution in [0.25, 0.3) is 0 Å². The minimum absolute atomic E-state index is 0.0333. The average Bonchev–Trinajstić information content (AvgIpc) is 0.744. The fraction of sp³-hybridized carbons (Fsp3) is 0.345. The molecule has 0 spiro atoms. The van der Waals surface area contributed by atoms with Crippen molar-refractivity contribution in [2.45, 2.75) is 206 Å². The van der Waals surface area contributed by atoms with Gasteiger partial charge in [-0.3, -0.25) is 19.2 Å². The second-order valence-electron chi connectivity index (χ2n) is 38.1. The first-order valence-electron chi connectivity index (χ1n) is 48.3. The average molecular weight is 1900 g/mol. The van der Waals surface area contributed by atoms with Gasteiger partial charge in [0, 0.05) is 164 Å². The molecule has 712 valence electrons. The summed E-state index contributed by atoms with van der Waals surface area (Å²) in [6, 6.07) is 89.9. The molecule has 8 bridgehead atoms. The summed E-state index contributed by atoms with van der Waals surface area (Å²) in [6.45, 7) is 23.9. The smallest absolute Gasteiger partial charge is 0.240 e. The van der Waals surface area contributed by atoms with E-state index in [2.05, 4.69) is 27.7 Å². The molecule has 0 aromatic heterocycles. The lowest BCUT2D eigenvalue weighted by atomic mass is 9.89. The molecule has 0 fully saturated rings. The standard InChI is InChI=1S/C116H136N4O12P4/c1-17-21-49-69-129-105-85-73-87-79-94(118(14)110(122)114(7,8)134(126,99-57-37-27-38-58-99)100-59-39-28-40-60-100)81-89(106(87)130-70-50-22-18-2)75-91-83-96(120(16)112(124)116(11,12)136(128,103-65-45-31-46-66-103)104-67-47-32-48-68-104)84-92(108(91)132-72-52-24-20-4)76-90-82-95(119(15)111(123)115(9,10)135(127,101-61-41-29-42-62-101)102-63-43-30-44-64-102)80-88(107(90)131-71-51-23-19-3)74-86(105)78-93(77-85)117(13)109(121)113(5,6)133(125,97-53-33-25-34-54-97)98-55-35-26-36-56-98/h25-48,53-68,77-84H,17-24,49-52,69-76H2,1-16H3. The van der Waals surface area contributed by atoms with Gasteiger partial charge in [0.25, 0.3) is 0 Å². The van der Waals surface area contributed by atoms with Crippen LogP contribution in [0.3, 0.4) is 0 Å². The lowest BCUT2D eigenvalue weighted by molar-refractivity contribution is -0.120. The Morgan fingerprint density at radius 1 is 0.235 bits per heavy atom. The molecule has 0 radical (unpaired) electrons. The van der Waals surface area contributed by atoms with Crippen molar-refractivity contribution in [1.82, 2.24) is 0 Å². The normalized spacial score (nSPS) is 12.7. The van der Waals surface area contributed by atoms with Gasteiger partial charge >= 0.3 is 0 Å². The molecule has 4 amide bonds. The Bertz CT molecular complexity index is 5320. The zero-order valence-corrected chi connectivity index (χ0v) is 85.9. The maximum absolute atomic E-state index is 16.9. The molecule has 1 aliphatic rings. The first kappa shape index (κ1) is 102. The maximum Gasteiger partial charge on any atom is 0.240 e. The van der Waals surface area contributed by atoms with E-state index in [4.69, 9.17) is 18.9 Å². The number of hydrogen-bond acceptors (Lipinski definition) is 12. The van der Waals surface area contributed by atoms with Crippen molar-refractivity contribution >= 4 is 117 Å². The number of carbonyl (C=O) groups is 4. The lowest BCUT2D eigenvalue weighted by Crippen LogP contribution is -2.47. The zero-order valence-electron chi connectivity index (χ0n) is 82.3. The van der Waals surface area contributed by atoms with Crippen LogP contribution in [0.15, 0.2) is 291 Å². The van der Waals surface area contributed by atoms with Gasteiger partial charge in [-0.25, -0.2) is 0 Å². The van der Waals surface area contributed by atoms with Crippen molar-refractivity contribution < 1.29 is 56.4 Å². The lowest BCUT2D eigenvalue weighted by Gasteiger charge is -2.37. The Balaban J connectivity index is 1.16. The van der Waals surface area contributed by atoms with Crippen LogP contribution in [0.2, 0.25) is 0 Å². The Morgan fingerprint density at radius 2 is 0.368 bits per heavy atom. The molecule has 16 nitrogen and oxygen atoms in total. The summed E-state index contributed by atoms with van der Waals surface area (Å²) in [6.07, 6.45) is 9.73. The molecule has 136 heavy (non-hydrogen) atoms. The number of hydrogen-bond donors (Lipinski definition) is 0. The second kappa shape index (κ2) is 44.4. The number of benzene rings is 12. The van der Waals surface area contributed by atoms with Gasteiger partial charge in [-0.2, -0.15) is 0 Å². The Kier molecular flexibility index (Phi) is 33.3. The summed E-state index contributed by atoms with van der Waals surface area (Å²) < 4.78 is 97.8. The van der Waals surface area contributed by atoms with Crippen LogP contribution in [-0.4, -0.2) is 98.9 Å². The van der Waals surface area contributed by atoms with E-state index < -0.39 is 72.8 Å². The third-order valence-electron chi connectivity index (χ3n) is 27.4. The van der Waals surface area contributed by atoms with Crippen LogP contribution in [0.1, 0.15) is 205 Å². The van der Waals surface area contributed by atoms with Gasteiger partial charge in [0.2, 0.25) is 23.6 Å². The number of unbranched alkanes of at least 4 members (excludes halogenated alkanes) is 8. The highest BCUT2D eigenvalue weighted by molar-refractivity contribution is 7.82. The molecule has 20 heteroatoms. The minimum atomic E-state index is -3.92. The SMILES string of the molecule is CCCCCOc1c2cc(N(C)C(=O)C(C)(C)P(=O)(c3ccccc3)c3ccccc3)cc1Cc1cc(N(C)C(=O)C(C)(C)P(=O)(c3ccccc3)c3ccccc3)cc(c1OCCCCC)Cc1cc(N(C)C(=O)C(C)(C)P(=O)(c3ccccc3)c3ccccc3)cc(c1OCCCCC)Cc1cc(N(C)C(=O)C(C)(C)P(=O)(c3ccccc3)c3ccccc3)cc(c1OCCCCC)C2. The third-order valence-corrected chi connectivity index (χ3v) is 42.6. The van der Waals surface area contributed by atoms with E-state index in [9.17, 15) is 0 Å². The number of nitrogens with zero attached hydrogens (tertiary/aromatic N) is 4. The predicted molar refractivity (Wildman–Crippen MR) is 566 cm³/mol. The number of rotatable bonds is 40. The van der Waals surface area contributed by atoms with Gasteiger partial charge < -0.3 is 56.8 Å². The fourth-order valence-corrected chi connectivity index (χ4v) is 32.1. The van der Waals surface area contributed by atoms with E-state index in [1.807, 2.05) is 291 Å². The highest BCUT2D eigenvalue weighted by Gasteiger charge is 2.55. The van der Waals surface area contributed by atoms with E-state index >= 15 is 37.4 Å². The summed E-state index contributed by atoms with van der Waals surface area (Å²) in [5.41, 5.74) is 6.77. The first-order valence-corrected chi connectivity index (χ1v) is 55.2. The highest BCUT2D eigenvalue weighted by Crippen LogP contribution is 2.62. The molecular formula is C116H136N4O12P4. The van der Waals surface area contributed by atoms with Crippen molar-refractivity contribution in [1.29, 1.82) is 0 Å². The number of carbonyl (C=O) groups excluding carboxylic acids is 4. The van der Waals surface area contributed by atoms with E-state index in [0.29, 0.717) is 158 Å². The molecular weight excluding hydrogens is 1770 g/mol. The summed E-state index contributed by atoms with van der Waals surface area (Å²) in [5, 5.41) is -2.29. The largest absolute Gasteiger partial charge is 0.493 e. The van der Waals surface area contributed by atoms with Crippen molar-refractivity contribution in [2.24, 2.45) is 0 Å². The number of fused-ring (bicyclic) bond motifs is 8. The van der Waals surface area contributed by atoms with Crippen LogP contribution in [0.5, 0.6) is 23.0 Å². The summed E-state index contributed by atoms with van der Waals surface area (Å²) in [7, 11) is -8.73. The predicted octanol–water partition coefficient (Wildman–Crippen LogP) is 23.7. The molecule has 0 atom stereocenters. The topological polar surface area (TPSA) is 186 Å².